The lowest BCUT2D eigenvalue weighted by molar-refractivity contribution is -0.168. The first-order chi connectivity index (χ1) is 9.53. The van der Waals surface area contributed by atoms with Gasteiger partial charge >= 0.3 is 0 Å². The van der Waals surface area contributed by atoms with Crippen LogP contribution in [0.15, 0.2) is 0 Å². The predicted octanol–water partition coefficient (Wildman–Crippen LogP) is 4.37. The molecule has 114 valence electrons. The zero-order valence-corrected chi connectivity index (χ0v) is 13.4. The molecule has 0 aromatic rings. The zero-order chi connectivity index (χ0) is 14.3. The minimum absolute atomic E-state index is 0.102. The molecule has 4 bridgehead atoms. The Balaban J connectivity index is 1.88. The third-order valence-electron chi connectivity index (χ3n) is 6.49. The highest BCUT2D eigenvalue weighted by Crippen LogP contribution is 2.47. The van der Waals surface area contributed by atoms with Gasteiger partial charge in [0.1, 0.15) is 6.10 Å². The average Bonchev–Trinajstić information content (AvgIpc) is 2.62. The Labute approximate surface area is 123 Å². The van der Waals surface area contributed by atoms with Gasteiger partial charge in [0.2, 0.25) is 0 Å². The minimum atomic E-state index is -0.224. The number of hydrogen-bond donors (Lipinski definition) is 0. The molecule has 4 aliphatic rings. The molecule has 2 heteroatoms. The second kappa shape index (κ2) is 5.44. The fraction of sp³-hybridized carbons (Fsp3) is 0.944. The monoisotopic (exact) mass is 278 g/mol. The number of fused-ring (bicyclic) bond motifs is 2. The summed E-state index contributed by atoms with van der Waals surface area (Å²) in [6.07, 6.45) is 10.3. The maximum atomic E-state index is 13.0. The van der Waals surface area contributed by atoms with Crippen molar-refractivity contribution in [3.63, 3.8) is 0 Å². The topological polar surface area (TPSA) is 26.3 Å². The fourth-order valence-electron chi connectivity index (χ4n) is 4.67. The van der Waals surface area contributed by atoms with E-state index in [0.717, 1.165) is 18.3 Å². The lowest BCUT2D eigenvalue weighted by atomic mass is 9.69. The molecule has 20 heavy (non-hydrogen) atoms. The van der Waals surface area contributed by atoms with Gasteiger partial charge in [-0.2, -0.15) is 0 Å². The van der Waals surface area contributed by atoms with E-state index in [1.165, 1.54) is 44.9 Å². The van der Waals surface area contributed by atoms with Crippen LogP contribution < -0.4 is 0 Å². The molecule has 2 saturated carbocycles. The molecule has 0 amide bonds. The van der Waals surface area contributed by atoms with E-state index in [1.807, 2.05) is 0 Å². The molecule has 2 aliphatic heterocycles. The highest BCUT2D eigenvalue weighted by Gasteiger charge is 2.48. The molecule has 2 heterocycles. The van der Waals surface area contributed by atoms with Crippen molar-refractivity contribution in [2.45, 2.75) is 84.3 Å². The summed E-state index contributed by atoms with van der Waals surface area (Å²) in [5.41, 5.74) is -0.224. The molecule has 4 rings (SSSR count). The van der Waals surface area contributed by atoms with Gasteiger partial charge in [0.15, 0.2) is 5.78 Å². The van der Waals surface area contributed by atoms with E-state index in [4.69, 9.17) is 4.74 Å². The van der Waals surface area contributed by atoms with Crippen LogP contribution in [-0.4, -0.2) is 18.0 Å². The summed E-state index contributed by atoms with van der Waals surface area (Å²) in [6, 6.07) is 0. The highest BCUT2D eigenvalue weighted by molar-refractivity contribution is 5.88. The van der Waals surface area contributed by atoms with Crippen LogP contribution >= 0.6 is 0 Å². The van der Waals surface area contributed by atoms with Gasteiger partial charge < -0.3 is 4.74 Å². The molecule has 5 atom stereocenters. The Morgan fingerprint density at radius 1 is 1.05 bits per heavy atom. The third-order valence-corrected chi connectivity index (χ3v) is 6.49. The molecule has 0 spiro atoms. The normalized spacial score (nSPS) is 41.0. The van der Waals surface area contributed by atoms with Gasteiger partial charge in [-0.3, -0.25) is 4.79 Å². The third kappa shape index (κ3) is 2.45. The maximum absolute atomic E-state index is 13.0. The SMILES string of the molecule is CCC(C)(C)C(=O)C1OC2CCC1C1CCCC2CC1. The van der Waals surface area contributed by atoms with Crippen LogP contribution in [0, 0.1) is 23.2 Å². The number of rotatable bonds is 3. The molecular formula is C18H30O2. The van der Waals surface area contributed by atoms with Crippen molar-refractivity contribution >= 4 is 5.78 Å². The standard InChI is InChI=1S/C18H30O2/c1-4-18(2,3)17(19)16-14-10-11-15(20-16)13-7-5-6-12(14)8-9-13/h12-16H,4-11H2,1-3H3. The van der Waals surface area contributed by atoms with Crippen molar-refractivity contribution in [2.75, 3.05) is 0 Å². The first-order valence-electron chi connectivity index (χ1n) is 8.72. The Morgan fingerprint density at radius 2 is 1.75 bits per heavy atom. The number of carbonyl (C=O) groups is 1. The van der Waals surface area contributed by atoms with E-state index in [9.17, 15) is 4.79 Å². The van der Waals surface area contributed by atoms with Gasteiger partial charge in [0.05, 0.1) is 6.10 Å². The summed E-state index contributed by atoms with van der Waals surface area (Å²) in [5, 5.41) is 0. The first-order valence-corrected chi connectivity index (χ1v) is 8.72. The van der Waals surface area contributed by atoms with Crippen molar-refractivity contribution < 1.29 is 9.53 Å². The smallest absolute Gasteiger partial charge is 0.167 e. The van der Waals surface area contributed by atoms with Crippen molar-refractivity contribution in [1.82, 2.24) is 0 Å². The molecule has 0 aromatic heterocycles. The average molecular weight is 278 g/mol. The molecule has 2 saturated heterocycles. The Hall–Kier alpha value is -0.370. The van der Waals surface area contributed by atoms with Gasteiger partial charge in [-0.15, -0.1) is 0 Å². The highest BCUT2D eigenvalue weighted by atomic mass is 16.5. The van der Waals surface area contributed by atoms with Crippen LogP contribution in [-0.2, 0) is 9.53 Å². The van der Waals surface area contributed by atoms with E-state index < -0.39 is 0 Å². The van der Waals surface area contributed by atoms with Crippen molar-refractivity contribution in [2.24, 2.45) is 23.2 Å². The van der Waals surface area contributed by atoms with Gasteiger partial charge in [-0.1, -0.05) is 33.6 Å². The zero-order valence-electron chi connectivity index (χ0n) is 13.4. The number of hydrogen-bond acceptors (Lipinski definition) is 2. The summed E-state index contributed by atoms with van der Waals surface area (Å²) < 4.78 is 6.40. The number of carbonyl (C=O) groups excluding carboxylic acids is 1. The van der Waals surface area contributed by atoms with Crippen LogP contribution in [0.1, 0.15) is 72.1 Å². The second-order valence-electron chi connectivity index (χ2n) is 7.97. The van der Waals surface area contributed by atoms with Crippen molar-refractivity contribution in [3.8, 4) is 0 Å². The summed E-state index contributed by atoms with van der Waals surface area (Å²) in [5.74, 6) is 2.34. The molecule has 0 N–H and O–H groups in total. The summed E-state index contributed by atoms with van der Waals surface area (Å²) >= 11 is 0. The van der Waals surface area contributed by atoms with Crippen LogP contribution in [0.4, 0.5) is 0 Å². The first kappa shape index (κ1) is 14.6. The predicted molar refractivity (Wildman–Crippen MR) is 80.5 cm³/mol. The van der Waals surface area contributed by atoms with Crippen LogP contribution in [0.3, 0.4) is 0 Å². The Morgan fingerprint density at radius 3 is 2.50 bits per heavy atom. The lowest BCUT2D eigenvalue weighted by Gasteiger charge is -2.45. The molecule has 4 fully saturated rings. The fourth-order valence-corrected chi connectivity index (χ4v) is 4.67. The maximum Gasteiger partial charge on any atom is 0.167 e. The van der Waals surface area contributed by atoms with Crippen LogP contribution in [0.25, 0.3) is 0 Å². The van der Waals surface area contributed by atoms with E-state index in [2.05, 4.69) is 20.8 Å². The van der Waals surface area contributed by atoms with Gasteiger partial charge in [0, 0.05) is 5.41 Å². The summed E-state index contributed by atoms with van der Waals surface area (Å²) in [7, 11) is 0. The molecule has 2 aliphatic carbocycles. The largest absolute Gasteiger partial charge is 0.367 e. The van der Waals surface area contributed by atoms with E-state index in [-0.39, 0.29) is 11.5 Å². The molecule has 0 aromatic carbocycles. The number of ether oxygens (including phenoxy) is 1. The van der Waals surface area contributed by atoms with E-state index in [0.29, 0.717) is 17.8 Å². The van der Waals surface area contributed by atoms with E-state index in [1.54, 1.807) is 0 Å². The van der Waals surface area contributed by atoms with Crippen LogP contribution in [0.5, 0.6) is 0 Å². The van der Waals surface area contributed by atoms with E-state index >= 15 is 0 Å². The molecule has 2 nitrogen and oxygen atoms in total. The van der Waals surface area contributed by atoms with Crippen LogP contribution in [0.2, 0.25) is 0 Å². The summed E-state index contributed by atoms with van der Waals surface area (Å²) in [6.45, 7) is 6.31. The lowest BCUT2D eigenvalue weighted by Crippen LogP contribution is -2.50. The number of ketones is 1. The second-order valence-corrected chi connectivity index (χ2v) is 7.97. The molecular weight excluding hydrogens is 248 g/mol. The molecule has 0 radical (unpaired) electrons. The van der Waals surface area contributed by atoms with Gasteiger partial charge in [-0.25, -0.2) is 0 Å². The Bertz CT molecular complexity index is 374. The Kier molecular flexibility index (Phi) is 3.96. The van der Waals surface area contributed by atoms with Crippen molar-refractivity contribution in [1.29, 1.82) is 0 Å². The summed E-state index contributed by atoms with van der Waals surface area (Å²) in [4.78, 5) is 13.0. The quantitative estimate of drug-likeness (QED) is 0.766. The molecule has 5 unspecified atom stereocenters. The minimum Gasteiger partial charge on any atom is -0.367 e. The van der Waals surface area contributed by atoms with Gasteiger partial charge in [0.25, 0.3) is 0 Å². The number of Topliss-reactive ketones (excluding diaryl/α,β-unsaturated/α-hetero) is 1. The van der Waals surface area contributed by atoms with Crippen molar-refractivity contribution in [3.05, 3.63) is 0 Å². The van der Waals surface area contributed by atoms with Gasteiger partial charge in [-0.05, 0) is 56.3 Å².